The van der Waals surface area contributed by atoms with Gasteiger partial charge >= 0.3 is 0 Å². The van der Waals surface area contributed by atoms with Gasteiger partial charge in [0.15, 0.2) is 0 Å². The van der Waals surface area contributed by atoms with E-state index >= 15 is 0 Å². The molecule has 4 heteroatoms. The van der Waals surface area contributed by atoms with Gasteiger partial charge in [-0.3, -0.25) is 4.98 Å². The number of hydrogen-bond donors (Lipinski definition) is 1. The first kappa shape index (κ1) is 11.6. The fraction of sp³-hybridized carbons (Fsp3) is 0.385. The van der Waals surface area contributed by atoms with E-state index < -0.39 is 0 Å². The molecule has 0 radical (unpaired) electrons. The number of pyridine rings is 1. The molecule has 0 saturated heterocycles. The molecule has 0 aliphatic rings. The maximum atomic E-state index is 6.01. The highest BCUT2D eigenvalue weighted by atomic mass is 15.1. The van der Waals surface area contributed by atoms with Gasteiger partial charge in [0.05, 0.1) is 24.3 Å². The van der Waals surface area contributed by atoms with Gasteiger partial charge in [0.1, 0.15) is 0 Å². The fourth-order valence-corrected chi connectivity index (χ4v) is 1.82. The van der Waals surface area contributed by atoms with Gasteiger partial charge in [-0.15, -0.1) is 0 Å². The van der Waals surface area contributed by atoms with E-state index in [-0.39, 0.29) is 0 Å². The van der Waals surface area contributed by atoms with Crippen molar-refractivity contribution in [2.45, 2.75) is 34.2 Å². The number of imidazole rings is 1. The molecule has 0 aliphatic carbocycles. The third-order valence-electron chi connectivity index (χ3n) is 3.34. The quantitative estimate of drug-likeness (QED) is 0.860. The lowest BCUT2D eigenvalue weighted by Gasteiger charge is -2.11. The van der Waals surface area contributed by atoms with Gasteiger partial charge < -0.3 is 10.3 Å². The second kappa shape index (κ2) is 4.20. The third kappa shape index (κ3) is 2.02. The summed E-state index contributed by atoms with van der Waals surface area (Å²) in [6.07, 6.45) is 3.68. The minimum atomic E-state index is 0.725. The summed E-state index contributed by atoms with van der Waals surface area (Å²) in [5.74, 6) is 0. The van der Waals surface area contributed by atoms with Crippen LogP contribution in [0.15, 0.2) is 12.5 Å². The van der Waals surface area contributed by atoms with Crippen LogP contribution in [0, 0.1) is 27.7 Å². The Bertz CT molecular complexity index is 555. The van der Waals surface area contributed by atoms with Gasteiger partial charge in [-0.05, 0) is 38.8 Å². The Morgan fingerprint density at radius 3 is 2.47 bits per heavy atom. The van der Waals surface area contributed by atoms with Gasteiger partial charge in [0.25, 0.3) is 0 Å². The maximum absolute atomic E-state index is 6.01. The van der Waals surface area contributed by atoms with Gasteiger partial charge in [-0.25, -0.2) is 4.98 Å². The van der Waals surface area contributed by atoms with Crippen molar-refractivity contribution in [1.29, 1.82) is 0 Å². The molecule has 0 bridgehead atoms. The molecule has 0 aromatic carbocycles. The Hall–Kier alpha value is -1.84. The van der Waals surface area contributed by atoms with Gasteiger partial charge in [-0.2, -0.15) is 0 Å². The van der Waals surface area contributed by atoms with Crippen LogP contribution in [-0.2, 0) is 6.54 Å². The third-order valence-corrected chi connectivity index (χ3v) is 3.34. The normalized spacial score (nSPS) is 10.8. The molecule has 2 N–H and O–H groups in total. The molecule has 2 heterocycles. The summed E-state index contributed by atoms with van der Waals surface area (Å²) in [7, 11) is 0. The second-order valence-electron chi connectivity index (χ2n) is 4.47. The summed E-state index contributed by atoms with van der Waals surface area (Å²) in [4.78, 5) is 8.74. The molecular formula is C13H18N4. The molecule has 2 rings (SSSR count). The van der Waals surface area contributed by atoms with Crippen molar-refractivity contribution in [3.05, 3.63) is 40.7 Å². The van der Waals surface area contributed by atoms with E-state index in [1.807, 2.05) is 33.3 Å². The molecule has 0 atom stereocenters. The number of rotatable bonds is 2. The molecule has 0 fully saturated rings. The summed E-state index contributed by atoms with van der Waals surface area (Å²) in [6, 6.07) is 0. The average Bonchev–Trinajstić information content (AvgIpc) is 2.62. The van der Waals surface area contributed by atoms with Crippen molar-refractivity contribution in [3.8, 4) is 0 Å². The zero-order valence-corrected chi connectivity index (χ0v) is 10.8. The van der Waals surface area contributed by atoms with Crippen molar-refractivity contribution >= 4 is 5.69 Å². The van der Waals surface area contributed by atoms with E-state index in [4.69, 9.17) is 5.73 Å². The lowest BCUT2D eigenvalue weighted by atomic mass is 10.1. The van der Waals surface area contributed by atoms with Crippen LogP contribution in [0.3, 0.4) is 0 Å². The maximum Gasteiger partial charge on any atom is 0.0955 e. The predicted molar refractivity (Wildman–Crippen MR) is 68.9 cm³/mol. The zero-order valence-electron chi connectivity index (χ0n) is 10.8. The Labute approximate surface area is 102 Å². The first-order chi connectivity index (χ1) is 8.00. The molecule has 0 amide bonds. The molecule has 0 saturated carbocycles. The van der Waals surface area contributed by atoms with Crippen molar-refractivity contribution in [2.24, 2.45) is 0 Å². The summed E-state index contributed by atoms with van der Waals surface area (Å²) in [5, 5.41) is 0. The number of nitrogens with zero attached hydrogens (tertiary/aromatic N) is 3. The van der Waals surface area contributed by atoms with Crippen LogP contribution in [0.4, 0.5) is 5.69 Å². The van der Waals surface area contributed by atoms with Crippen LogP contribution < -0.4 is 5.73 Å². The van der Waals surface area contributed by atoms with Crippen LogP contribution in [-0.4, -0.2) is 14.5 Å². The monoisotopic (exact) mass is 230 g/mol. The minimum Gasteiger partial charge on any atom is -0.398 e. The molecule has 17 heavy (non-hydrogen) atoms. The molecule has 0 unspecified atom stereocenters. The lowest BCUT2D eigenvalue weighted by molar-refractivity contribution is 0.742. The Balaban J connectivity index is 2.37. The molecule has 2 aromatic heterocycles. The van der Waals surface area contributed by atoms with Crippen LogP contribution >= 0.6 is 0 Å². The molecule has 90 valence electrons. The number of nitrogen functional groups attached to an aromatic ring is 1. The zero-order chi connectivity index (χ0) is 12.6. The Morgan fingerprint density at radius 1 is 1.18 bits per heavy atom. The number of hydrogen-bond acceptors (Lipinski definition) is 3. The number of aryl methyl sites for hydroxylation is 2. The van der Waals surface area contributed by atoms with Crippen LogP contribution in [0.1, 0.15) is 28.2 Å². The van der Waals surface area contributed by atoms with Crippen LogP contribution in [0.2, 0.25) is 0 Å². The summed E-state index contributed by atoms with van der Waals surface area (Å²) < 4.78 is 2.10. The fourth-order valence-electron chi connectivity index (χ4n) is 1.82. The van der Waals surface area contributed by atoms with E-state index in [9.17, 15) is 0 Å². The molecule has 4 nitrogen and oxygen atoms in total. The summed E-state index contributed by atoms with van der Waals surface area (Å²) in [6.45, 7) is 8.79. The first-order valence-corrected chi connectivity index (χ1v) is 5.69. The molecule has 2 aromatic rings. The Kier molecular flexibility index (Phi) is 2.88. The molecular weight excluding hydrogens is 212 g/mol. The van der Waals surface area contributed by atoms with E-state index in [1.165, 1.54) is 5.69 Å². The van der Waals surface area contributed by atoms with Crippen molar-refractivity contribution < 1.29 is 0 Å². The van der Waals surface area contributed by atoms with Crippen LogP contribution in [0.25, 0.3) is 0 Å². The highest BCUT2D eigenvalue weighted by Gasteiger charge is 2.09. The summed E-state index contributed by atoms with van der Waals surface area (Å²) in [5.41, 5.74) is 12.2. The lowest BCUT2D eigenvalue weighted by Crippen LogP contribution is -2.07. The molecule has 0 spiro atoms. The smallest absolute Gasteiger partial charge is 0.0955 e. The summed E-state index contributed by atoms with van der Waals surface area (Å²) >= 11 is 0. The number of nitrogens with two attached hydrogens (primary N) is 1. The van der Waals surface area contributed by atoms with E-state index in [2.05, 4.69) is 21.5 Å². The van der Waals surface area contributed by atoms with Crippen molar-refractivity contribution in [2.75, 3.05) is 5.73 Å². The van der Waals surface area contributed by atoms with Gasteiger partial charge in [0, 0.05) is 17.6 Å². The highest BCUT2D eigenvalue weighted by molar-refractivity contribution is 5.53. The minimum absolute atomic E-state index is 0.725. The van der Waals surface area contributed by atoms with Crippen LogP contribution in [0.5, 0.6) is 0 Å². The van der Waals surface area contributed by atoms with E-state index in [0.717, 1.165) is 34.7 Å². The Morgan fingerprint density at radius 2 is 1.88 bits per heavy atom. The molecule has 0 aliphatic heterocycles. The topological polar surface area (TPSA) is 56.7 Å². The van der Waals surface area contributed by atoms with E-state index in [1.54, 1.807) is 0 Å². The van der Waals surface area contributed by atoms with Gasteiger partial charge in [-0.1, -0.05) is 0 Å². The predicted octanol–water partition coefficient (Wildman–Crippen LogP) is 2.14. The van der Waals surface area contributed by atoms with E-state index in [0.29, 0.717) is 0 Å². The van der Waals surface area contributed by atoms with Crippen molar-refractivity contribution in [1.82, 2.24) is 14.5 Å². The SMILES string of the molecule is Cc1cnc(Cn2cnc(C)c2C)c(C)c1N. The van der Waals surface area contributed by atoms with Crippen molar-refractivity contribution in [3.63, 3.8) is 0 Å². The number of aromatic nitrogens is 3. The van der Waals surface area contributed by atoms with Gasteiger partial charge in [0.2, 0.25) is 0 Å². The largest absolute Gasteiger partial charge is 0.398 e. The standard InChI is InChI=1S/C13H18N4/c1-8-5-15-12(9(2)13(8)14)6-17-7-16-10(3)11(17)4/h5,7H,6H2,1-4H3,(H2,14,15). The average molecular weight is 230 g/mol. The highest BCUT2D eigenvalue weighted by Crippen LogP contribution is 2.19. The second-order valence-corrected chi connectivity index (χ2v) is 4.47. The number of anilines is 1. The first-order valence-electron chi connectivity index (χ1n) is 5.69.